The third-order valence-corrected chi connectivity index (χ3v) is 18.0. The number of rotatable bonds is 14. The number of nitrogens with zero attached hydrogens (tertiary/aromatic N) is 6. The maximum Gasteiger partial charge on any atom is 0.278 e. The van der Waals surface area contributed by atoms with E-state index in [0.29, 0.717) is 56.4 Å². The lowest BCUT2D eigenvalue weighted by Crippen LogP contribution is -2.37. The van der Waals surface area contributed by atoms with Gasteiger partial charge in [-0.15, -0.1) is 45.3 Å². The first kappa shape index (κ1) is 52.3. The quantitative estimate of drug-likeness (QED) is 0.0973. The summed E-state index contributed by atoms with van der Waals surface area (Å²) in [6.45, 7) is 5.74. The Kier molecular flexibility index (Phi) is 15.7. The fourth-order valence-electron chi connectivity index (χ4n) is 8.01. The van der Waals surface area contributed by atoms with Crippen LogP contribution in [0, 0.1) is 20.8 Å². The number of allylic oxidation sites excluding steroid dienone is 1. The Labute approximate surface area is 447 Å². The zero-order valence-electron chi connectivity index (χ0n) is 40.2. The van der Waals surface area contributed by atoms with Crippen molar-refractivity contribution in [3.8, 4) is 0 Å². The van der Waals surface area contributed by atoms with Crippen molar-refractivity contribution in [2.24, 2.45) is 0 Å². The fourth-order valence-corrected chi connectivity index (χ4v) is 13.0. The highest BCUT2D eigenvalue weighted by atomic mass is 32.2. The maximum absolute atomic E-state index is 13.6. The molecule has 0 aliphatic carbocycles. The summed E-state index contributed by atoms with van der Waals surface area (Å²) >= 11 is 5.46. The number of sulfone groups is 2. The Morgan fingerprint density at radius 3 is 1.72 bits per heavy atom. The zero-order chi connectivity index (χ0) is 52.9. The van der Waals surface area contributed by atoms with E-state index < -0.39 is 25.6 Å². The standard InChI is InChI=1S/C27H24N4O4S3.C26H20N4O4S3/c1-17-13-18(2)29-25(28-17)16-38(34,35)21-7-8-23-19(14-21)9-10-31(23)27(33)22(15-20-5-3-11-36-20)30-26(32)24-6-4-12-37-24;1-17-8-10-27-24(28-17)16-37(33,34)20-6-7-22-18(14-20)9-11-30(22)26(32)21(15-19-4-2-12-35-19)29-25(31)23-5-3-13-36-23/h3-8,11-15H,9-10,16H2,1-2H3,(H,30,32);2-15H,16H2,1H3,(H,29,31)/b22-15+;21-15+. The van der Waals surface area contributed by atoms with Gasteiger partial charge in [-0.2, -0.15) is 0 Å². The molecule has 16 nitrogen and oxygen atoms in total. The molecule has 380 valence electrons. The molecule has 9 aromatic rings. The molecule has 0 saturated heterocycles. The molecule has 0 unspecified atom stereocenters. The first-order valence-electron chi connectivity index (χ1n) is 22.9. The minimum absolute atomic E-state index is 0.103. The van der Waals surface area contributed by atoms with Crippen LogP contribution in [-0.2, 0) is 42.4 Å². The van der Waals surface area contributed by atoms with Crippen LogP contribution in [0.2, 0.25) is 0 Å². The number of aryl methyl sites for hydroxylation is 3. The van der Waals surface area contributed by atoms with Crippen LogP contribution in [0.5, 0.6) is 0 Å². The molecule has 0 fully saturated rings. The van der Waals surface area contributed by atoms with E-state index in [1.807, 2.05) is 35.0 Å². The molecule has 0 saturated carbocycles. The van der Waals surface area contributed by atoms with Crippen molar-refractivity contribution in [1.29, 1.82) is 0 Å². The molecule has 10 rings (SSSR count). The number of benzene rings is 2. The van der Waals surface area contributed by atoms with Gasteiger partial charge in [0.25, 0.3) is 23.6 Å². The molecule has 75 heavy (non-hydrogen) atoms. The second-order valence-corrected chi connectivity index (χ2v) is 24.8. The van der Waals surface area contributed by atoms with Gasteiger partial charge in [-0.1, -0.05) is 24.3 Å². The van der Waals surface area contributed by atoms with E-state index in [-0.39, 0.29) is 62.1 Å². The van der Waals surface area contributed by atoms with Crippen LogP contribution in [0.15, 0.2) is 158 Å². The Balaban J connectivity index is 0.000000184. The molecule has 22 heteroatoms. The number of hydrogen-bond donors (Lipinski definition) is 2. The summed E-state index contributed by atoms with van der Waals surface area (Å²) in [6.07, 6.45) is 6.88. The lowest BCUT2D eigenvalue weighted by Gasteiger charge is -2.20. The highest BCUT2D eigenvalue weighted by Crippen LogP contribution is 2.33. The lowest BCUT2D eigenvalue weighted by molar-refractivity contribution is -0.115. The van der Waals surface area contributed by atoms with Crippen molar-refractivity contribution in [1.82, 2.24) is 35.1 Å². The van der Waals surface area contributed by atoms with E-state index in [4.69, 9.17) is 0 Å². The molecule has 7 aromatic heterocycles. The second-order valence-electron chi connectivity index (χ2n) is 16.9. The number of nitrogens with one attached hydrogen (secondary N) is 2. The average molecular weight is 1110 g/mol. The number of thiophene rings is 4. The molecule has 1 aliphatic heterocycles. The minimum atomic E-state index is -3.71. The number of carbonyl (C=O) groups is 4. The normalized spacial score (nSPS) is 12.8. The summed E-state index contributed by atoms with van der Waals surface area (Å²) in [7, 11) is -7.40. The third-order valence-electron chi connectivity index (χ3n) is 11.4. The summed E-state index contributed by atoms with van der Waals surface area (Å²) in [5.74, 6) is -1.71. The van der Waals surface area contributed by atoms with E-state index in [1.54, 1.807) is 115 Å². The van der Waals surface area contributed by atoms with Crippen LogP contribution in [-0.4, -0.2) is 71.5 Å². The molecule has 8 heterocycles. The number of amides is 3. The molecule has 0 bridgehead atoms. The van der Waals surface area contributed by atoms with Gasteiger partial charge in [0, 0.05) is 56.8 Å². The van der Waals surface area contributed by atoms with Gasteiger partial charge in [-0.3, -0.25) is 23.7 Å². The van der Waals surface area contributed by atoms with Crippen molar-refractivity contribution < 1.29 is 36.0 Å². The van der Waals surface area contributed by atoms with Gasteiger partial charge >= 0.3 is 0 Å². The number of aromatic nitrogens is 5. The minimum Gasteiger partial charge on any atom is -0.317 e. The van der Waals surface area contributed by atoms with Crippen molar-refractivity contribution in [3.63, 3.8) is 0 Å². The van der Waals surface area contributed by atoms with E-state index in [0.717, 1.165) is 15.3 Å². The largest absolute Gasteiger partial charge is 0.317 e. The molecular weight excluding hydrogens is 1070 g/mol. The summed E-state index contributed by atoms with van der Waals surface area (Å²) in [5.41, 5.74) is 4.25. The first-order chi connectivity index (χ1) is 36.0. The summed E-state index contributed by atoms with van der Waals surface area (Å²) in [4.78, 5) is 73.9. The molecule has 0 atom stereocenters. The second kappa shape index (κ2) is 22.5. The topological polar surface area (TPSA) is 220 Å². The predicted octanol–water partition coefficient (Wildman–Crippen LogP) is 9.50. The van der Waals surface area contributed by atoms with E-state index in [1.165, 1.54) is 74.3 Å². The predicted molar refractivity (Wildman–Crippen MR) is 293 cm³/mol. The monoisotopic (exact) mass is 1110 g/mol. The van der Waals surface area contributed by atoms with Gasteiger partial charge < -0.3 is 15.5 Å². The van der Waals surface area contributed by atoms with E-state index in [9.17, 15) is 36.0 Å². The van der Waals surface area contributed by atoms with Crippen molar-refractivity contribution in [2.45, 2.75) is 48.5 Å². The molecule has 0 spiro atoms. The third kappa shape index (κ3) is 12.5. The average Bonchev–Trinajstić information content (AvgIpc) is 4.24. The summed E-state index contributed by atoms with van der Waals surface area (Å²) in [6, 6.07) is 28.9. The Hall–Kier alpha value is -7.60. The molecule has 0 radical (unpaired) electrons. The molecule has 2 N–H and O–H groups in total. The van der Waals surface area contributed by atoms with E-state index in [2.05, 4.69) is 30.6 Å². The van der Waals surface area contributed by atoms with Crippen LogP contribution in [0.4, 0.5) is 5.69 Å². The van der Waals surface area contributed by atoms with Crippen LogP contribution >= 0.6 is 45.3 Å². The lowest BCUT2D eigenvalue weighted by atomic mass is 10.2. The van der Waals surface area contributed by atoms with Crippen molar-refractivity contribution >= 4 is 117 Å². The smallest absolute Gasteiger partial charge is 0.278 e. The van der Waals surface area contributed by atoms with Crippen molar-refractivity contribution in [3.05, 3.63) is 202 Å². The highest BCUT2D eigenvalue weighted by Gasteiger charge is 2.30. The van der Waals surface area contributed by atoms with Crippen LogP contribution in [0.3, 0.4) is 0 Å². The van der Waals surface area contributed by atoms with E-state index >= 15 is 0 Å². The van der Waals surface area contributed by atoms with Gasteiger partial charge in [0.1, 0.15) is 34.5 Å². The van der Waals surface area contributed by atoms with Crippen molar-refractivity contribution in [2.75, 3.05) is 11.4 Å². The number of fused-ring (bicyclic) bond motifs is 2. The van der Waals surface area contributed by atoms with Gasteiger partial charge in [-0.25, -0.2) is 36.8 Å². The summed E-state index contributed by atoms with van der Waals surface area (Å²) in [5, 5.41) is 13.4. The SMILES string of the molecule is Cc1cc(C)nc(CS(=O)(=O)c2ccc3c(c2)CCN3C(=O)/C(=C\c2cccs2)NC(=O)c2cccs2)n1.Cc1ccnc(CS(=O)(=O)c2ccc3c(ccn3C(=O)/C(=C\c3cccs3)NC(=O)c3cccs3)c2)n1. The Morgan fingerprint density at radius 2 is 1.15 bits per heavy atom. The zero-order valence-corrected chi connectivity index (χ0v) is 45.1. The molecule has 1 aliphatic rings. The Bertz CT molecular complexity index is 3870. The fraction of sp³-hybridized carbons (Fsp3) is 0.132. The molecule has 3 amide bonds. The van der Waals surface area contributed by atoms with Crippen LogP contribution in [0.1, 0.15) is 68.2 Å². The first-order valence-corrected chi connectivity index (χ1v) is 29.7. The van der Waals surface area contributed by atoms with Gasteiger partial charge in [-0.05, 0) is 145 Å². The molecular formula is C53H44N8O8S6. The number of hydrogen-bond acceptors (Lipinski definition) is 16. The Morgan fingerprint density at radius 1 is 0.600 bits per heavy atom. The number of carbonyl (C=O) groups excluding carboxylic acids is 4. The van der Waals surface area contributed by atoms with Crippen LogP contribution < -0.4 is 15.5 Å². The van der Waals surface area contributed by atoms with Gasteiger partial charge in [0.05, 0.1) is 25.1 Å². The summed E-state index contributed by atoms with van der Waals surface area (Å²) < 4.78 is 53.7. The molecule has 2 aromatic carbocycles. The maximum atomic E-state index is 13.6. The van der Waals surface area contributed by atoms with Crippen LogP contribution in [0.25, 0.3) is 23.1 Å². The van der Waals surface area contributed by atoms with Gasteiger partial charge in [0.15, 0.2) is 19.7 Å². The highest BCUT2D eigenvalue weighted by molar-refractivity contribution is 7.91. The van der Waals surface area contributed by atoms with Gasteiger partial charge in [0.2, 0.25) is 0 Å². The number of anilines is 1.